The molecule has 0 atom stereocenters. The van der Waals surface area contributed by atoms with Gasteiger partial charge in [0.1, 0.15) is 11.5 Å². The molecule has 7 aromatic carbocycles. The van der Waals surface area contributed by atoms with Crippen LogP contribution in [0.2, 0.25) is 0 Å². The number of nitrogens with zero attached hydrogens (tertiary/aromatic N) is 1. The summed E-state index contributed by atoms with van der Waals surface area (Å²) in [5, 5.41) is 7.46. The molecular formula is C38H23NO. The zero-order valence-electron chi connectivity index (χ0n) is 21.6. The largest absolute Gasteiger partial charge is 0.456 e. The summed E-state index contributed by atoms with van der Waals surface area (Å²) in [7, 11) is 0. The Labute approximate surface area is 231 Å². The minimum absolute atomic E-state index is 0.900. The van der Waals surface area contributed by atoms with Crippen LogP contribution in [0, 0.1) is 0 Å². The molecule has 0 saturated carbocycles. The Bertz CT molecular complexity index is 2290. The van der Waals surface area contributed by atoms with Crippen LogP contribution in [0.5, 0.6) is 11.5 Å². The van der Waals surface area contributed by atoms with Crippen LogP contribution in [0.25, 0.3) is 71.3 Å². The van der Waals surface area contributed by atoms with Crippen molar-refractivity contribution in [3.63, 3.8) is 0 Å². The number of ether oxygens (including phenoxy) is 1. The van der Waals surface area contributed by atoms with Crippen molar-refractivity contribution in [3.05, 3.63) is 140 Å². The van der Waals surface area contributed by atoms with E-state index in [0.29, 0.717) is 0 Å². The summed E-state index contributed by atoms with van der Waals surface area (Å²) in [5.74, 6) is 1.82. The maximum atomic E-state index is 6.41. The summed E-state index contributed by atoms with van der Waals surface area (Å²) in [6.45, 7) is 0. The molecule has 0 spiro atoms. The molecule has 0 unspecified atom stereocenters. The lowest BCUT2D eigenvalue weighted by Crippen LogP contribution is -1.98. The first-order chi connectivity index (χ1) is 19.8. The molecule has 0 aliphatic carbocycles. The van der Waals surface area contributed by atoms with E-state index in [1.165, 1.54) is 60.0 Å². The summed E-state index contributed by atoms with van der Waals surface area (Å²) in [6, 6.07) is 50.1. The fraction of sp³-hybridized carbons (Fsp3) is 0. The lowest BCUT2D eigenvalue weighted by atomic mass is 9.92. The normalized spacial score (nSPS) is 12.2. The van der Waals surface area contributed by atoms with Crippen molar-refractivity contribution < 1.29 is 4.74 Å². The third-order valence-corrected chi connectivity index (χ3v) is 8.36. The van der Waals surface area contributed by atoms with Gasteiger partial charge in [-0.2, -0.15) is 0 Å². The van der Waals surface area contributed by atoms with E-state index >= 15 is 0 Å². The molecule has 1 aromatic heterocycles. The van der Waals surface area contributed by atoms with Gasteiger partial charge in [-0.3, -0.25) is 0 Å². The van der Waals surface area contributed by atoms with Crippen molar-refractivity contribution in [2.75, 3.05) is 0 Å². The highest BCUT2D eigenvalue weighted by atomic mass is 16.5. The van der Waals surface area contributed by atoms with Crippen molar-refractivity contribution in [1.29, 1.82) is 0 Å². The van der Waals surface area contributed by atoms with Crippen LogP contribution in [0.3, 0.4) is 0 Å². The number of benzene rings is 7. The molecule has 0 saturated heterocycles. The summed E-state index contributed by atoms with van der Waals surface area (Å²) in [6.07, 6.45) is 0. The molecular weight excluding hydrogens is 486 g/mol. The number of para-hydroxylation sites is 2. The molecule has 40 heavy (non-hydrogen) atoms. The maximum absolute atomic E-state index is 6.41. The molecule has 9 rings (SSSR count). The minimum Gasteiger partial charge on any atom is -0.456 e. The van der Waals surface area contributed by atoms with Gasteiger partial charge in [-0.1, -0.05) is 103 Å². The van der Waals surface area contributed by atoms with Crippen molar-refractivity contribution >= 4 is 43.4 Å². The van der Waals surface area contributed by atoms with E-state index in [1.54, 1.807) is 0 Å². The molecule has 2 heterocycles. The Balaban J connectivity index is 1.38. The Hall–Kier alpha value is -5.34. The van der Waals surface area contributed by atoms with Crippen LogP contribution >= 0.6 is 0 Å². The standard InChI is InChI=1S/C38H23NO/c1-2-12-27(13-3-1)39-33-21-19-24-9-4-5-14-28(24)37(33)31-17-8-15-29(38(31)39)26-20-22-34-32(23-26)30-16-6-10-25-11-7-18-35(40-34)36(25)30/h1-23H. The third-order valence-electron chi connectivity index (χ3n) is 8.36. The lowest BCUT2D eigenvalue weighted by Gasteiger charge is -2.22. The van der Waals surface area contributed by atoms with E-state index in [1.807, 2.05) is 0 Å². The second-order valence-electron chi connectivity index (χ2n) is 10.5. The average Bonchev–Trinajstić information content (AvgIpc) is 3.37. The van der Waals surface area contributed by atoms with Crippen molar-refractivity contribution in [3.8, 4) is 39.4 Å². The Kier molecular flexibility index (Phi) is 4.36. The van der Waals surface area contributed by atoms with Gasteiger partial charge in [0.25, 0.3) is 0 Å². The van der Waals surface area contributed by atoms with Crippen molar-refractivity contribution in [2.45, 2.75) is 0 Å². The molecule has 0 radical (unpaired) electrons. The molecule has 2 heteroatoms. The Morgan fingerprint density at radius 2 is 1.20 bits per heavy atom. The van der Waals surface area contributed by atoms with E-state index in [2.05, 4.69) is 144 Å². The molecule has 0 amide bonds. The topological polar surface area (TPSA) is 14.2 Å². The number of hydrogen-bond acceptors (Lipinski definition) is 1. The number of hydrogen-bond donors (Lipinski definition) is 0. The van der Waals surface area contributed by atoms with Gasteiger partial charge in [-0.15, -0.1) is 0 Å². The fourth-order valence-corrected chi connectivity index (χ4v) is 6.65. The van der Waals surface area contributed by atoms with E-state index < -0.39 is 0 Å². The Morgan fingerprint density at radius 3 is 2.12 bits per heavy atom. The maximum Gasteiger partial charge on any atom is 0.135 e. The first-order valence-electron chi connectivity index (χ1n) is 13.7. The quantitative estimate of drug-likeness (QED) is 0.226. The Morgan fingerprint density at radius 1 is 0.450 bits per heavy atom. The predicted octanol–water partition coefficient (Wildman–Crippen LogP) is 10.5. The predicted molar refractivity (Wildman–Crippen MR) is 167 cm³/mol. The second-order valence-corrected chi connectivity index (χ2v) is 10.5. The zero-order valence-corrected chi connectivity index (χ0v) is 21.6. The number of fused-ring (bicyclic) bond motifs is 7. The molecule has 0 fully saturated rings. The van der Waals surface area contributed by atoms with Crippen LogP contribution in [0.15, 0.2) is 140 Å². The van der Waals surface area contributed by atoms with E-state index in [0.717, 1.165) is 22.7 Å². The van der Waals surface area contributed by atoms with Gasteiger partial charge in [0.15, 0.2) is 0 Å². The van der Waals surface area contributed by atoms with Gasteiger partial charge >= 0.3 is 0 Å². The van der Waals surface area contributed by atoms with Gasteiger partial charge in [0.2, 0.25) is 0 Å². The van der Waals surface area contributed by atoms with Crippen LogP contribution in [0.4, 0.5) is 0 Å². The van der Waals surface area contributed by atoms with Gasteiger partial charge in [-0.25, -0.2) is 0 Å². The summed E-state index contributed by atoms with van der Waals surface area (Å²) in [4.78, 5) is 0. The van der Waals surface area contributed by atoms with Crippen LogP contribution in [0.1, 0.15) is 0 Å². The van der Waals surface area contributed by atoms with Gasteiger partial charge < -0.3 is 9.30 Å². The lowest BCUT2D eigenvalue weighted by molar-refractivity contribution is 0.487. The van der Waals surface area contributed by atoms with Crippen molar-refractivity contribution in [1.82, 2.24) is 4.57 Å². The summed E-state index contributed by atoms with van der Waals surface area (Å²) in [5.41, 5.74) is 8.32. The molecule has 1 aliphatic rings. The molecule has 0 bridgehead atoms. The average molecular weight is 510 g/mol. The van der Waals surface area contributed by atoms with Crippen LogP contribution in [-0.2, 0) is 0 Å². The van der Waals surface area contributed by atoms with E-state index in [9.17, 15) is 0 Å². The highest BCUT2D eigenvalue weighted by Crippen LogP contribution is 2.48. The summed E-state index contributed by atoms with van der Waals surface area (Å²) >= 11 is 0. The van der Waals surface area contributed by atoms with E-state index in [4.69, 9.17) is 4.74 Å². The van der Waals surface area contributed by atoms with Crippen LogP contribution < -0.4 is 4.74 Å². The van der Waals surface area contributed by atoms with Gasteiger partial charge in [0, 0.05) is 33.0 Å². The second kappa shape index (κ2) is 8.08. The first-order valence-corrected chi connectivity index (χ1v) is 13.7. The highest BCUT2D eigenvalue weighted by Gasteiger charge is 2.22. The smallest absolute Gasteiger partial charge is 0.135 e. The molecule has 186 valence electrons. The zero-order chi connectivity index (χ0) is 26.2. The van der Waals surface area contributed by atoms with Gasteiger partial charge in [-0.05, 0) is 63.7 Å². The number of rotatable bonds is 2. The fourth-order valence-electron chi connectivity index (χ4n) is 6.65. The molecule has 2 nitrogen and oxygen atoms in total. The first kappa shape index (κ1) is 21.6. The van der Waals surface area contributed by atoms with Crippen LogP contribution in [-0.4, -0.2) is 4.57 Å². The molecule has 8 aromatic rings. The minimum atomic E-state index is 0.900. The van der Waals surface area contributed by atoms with Gasteiger partial charge in [0.05, 0.1) is 11.0 Å². The monoisotopic (exact) mass is 509 g/mol. The highest BCUT2D eigenvalue weighted by molar-refractivity contribution is 6.23. The number of aromatic nitrogens is 1. The van der Waals surface area contributed by atoms with E-state index in [-0.39, 0.29) is 0 Å². The SMILES string of the molecule is c1ccc(-n2c3ccc4ccccc4c3c3cccc(-c4ccc5c(c4)-c4cccc6cccc(c46)O5)c32)cc1. The summed E-state index contributed by atoms with van der Waals surface area (Å²) < 4.78 is 8.84. The van der Waals surface area contributed by atoms with Crippen molar-refractivity contribution in [2.24, 2.45) is 0 Å². The third kappa shape index (κ3) is 2.93. The molecule has 0 N–H and O–H groups in total. The molecule has 1 aliphatic heterocycles.